The van der Waals surface area contributed by atoms with Crippen molar-refractivity contribution in [1.82, 2.24) is 20.4 Å². The molecule has 1 unspecified atom stereocenters. The summed E-state index contributed by atoms with van der Waals surface area (Å²) in [6, 6.07) is 16.3. The van der Waals surface area contributed by atoms with Crippen LogP contribution in [0.4, 0.5) is 4.39 Å². The molecule has 2 heterocycles. The van der Waals surface area contributed by atoms with Crippen LogP contribution in [0.1, 0.15) is 30.7 Å². The van der Waals surface area contributed by atoms with E-state index in [1.807, 2.05) is 30.3 Å². The van der Waals surface area contributed by atoms with Crippen molar-refractivity contribution in [1.29, 1.82) is 0 Å². The van der Waals surface area contributed by atoms with E-state index in [0.29, 0.717) is 31.3 Å². The number of carbonyl (C=O) groups excluding carboxylic acids is 1. The average Bonchev–Trinajstić information content (AvgIpc) is 3.27. The van der Waals surface area contributed by atoms with E-state index in [-0.39, 0.29) is 17.6 Å². The molecule has 6 nitrogen and oxygen atoms in total. The number of piperidine rings is 1. The Morgan fingerprint density at radius 1 is 1.16 bits per heavy atom. The lowest BCUT2D eigenvalue weighted by Crippen LogP contribution is -2.43. The summed E-state index contributed by atoms with van der Waals surface area (Å²) >= 11 is 0. The van der Waals surface area contributed by atoms with Crippen LogP contribution in [0, 0.1) is 11.7 Å². The van der Waals surface area contributed by atoms with Gasteiger partial charge in [-0.15, -0.1) is 0 Å². The van der Waals surface area contributed by atoms with Gasteiger partial charge in [0.2, 0.25) is 17.6 Å². The summed E-state index contributed by atoms with van der Waals surface area (Å²) in [5.74, 6) is 0.994. The van der Waals surface area contributed by atoms with Crippen LogP contribution in [0.15, 0.2) is 59.1 Å². The van der Waals surface area contributed by atoms with Gasteiger partial charge in [0.05, 0.1) is 12.5 Å². The summed E-state index contributed by atoms with van der Waals surface area (Å²) in [6.07, 6.45) is 3.50. The van der Waals surface area contributed by atoms with Crippen molar-refractivity contribution >= 4 is 5.91 Å². The number of halogens is 1. The van der Waals surface area contributed by atoms with Gasteiger partial charge in [-0.1, -0.05) is 47.6 Å². The zero-order valence-electron chi connectivity index (χ0n) is 17.5. The van der Waals surface area contributed by atoms with Crippen LogP contribution >= 0.6 is 0 Å². The van der Waals surface area contributed by atoms with Crippen molar-refractivity contribution in [3.8, 4) is 11.4 Å². The number of benzene rings is 2. The van der Waals surface area contributed by atoms with E-state index in [4.69, 9.17) is 4.52 Å². The lowest BCUT2D eigenvalue weighted by Gasteiger charge is -2.30. The minimum absolute atomic E-state index is 0.0314. The summed E-state index contributed by atoms with van der Waals surface area (Å²) in [4.78, 5) is 19.3. The fourth-order valence-corrected chi connectivity index (χ4v) is 3.93. The molecule has 1 N–H and O–H groups in total. The fourth-order valence-electron chi connectivity index (χ4n) is 3.93. The second-order valence-electron chi connectivity index (χ2n) is 7.97. The lowest BCUT2D eigenvalue weighted by molar-refractivity contribution is -0.126. The number of aryl methyl sites for hydroxylation is 1. The number of likely N-dealkylation sites (tertiary alicyclic amines) is 1. The van der Waals surface area contributed by atoms with Gasteiger partial charge in [0.25, 0.3) is 0 Å². The highest BCUT2D eigenvalue weighted by atomic mass is 19.1. The summed E-state index contributed by atoms with van der Waals surface area (Å²) in [7, 11) is 0. The first-order chi connectivity index (χ1) is 15.2. The largest absolute Gasteiger partial charge is 0.356 e. The summed E-state index contributed by atoms with van der Waals surface area (Å²) in [5.41, 5.74) is 2.00. The zero-order chi connectivity index (χ0) is 21.5. The molecule has 31 heavy (non-hydrogen) atoms. The maximum atomic E-state index is 13.0. The van der Waals surface area contributed by atoms with Crippen LogP contribution in [0.25, 0.3) is 11.4 Å². The highest BCUT2D eigenvalue weighted by Gasteiger charge is 2.26. The molecule has 3 aromatic rings. The van der Waals surface area contributed by atoms with E-state index in [1.165, 1.54) is 12.1 Å². The third-order valence-electron chi connectivity index (χ3n) is 5.59. The molecule has 1 atom stereocenters. The van der Waals surface area contributed by atoms with Crippen LogP contribution in [0.2, 0.25) is 0 Å². The molecular formula is C24H27FN4O2. The molecule has 1 saturated heterocycles. The van der Waals surface area contributed by atoms with Crippen molar-refractivity contribution in [2.45, 2.75) is 32.2 Å². The van der Waals surface area contributed by atoms with Crippen molar-refractivity contribution in [3.63, 3.8) is 0 Å². The third kappa shape index (κ3) is 5.98. The Balaban J connectivity index is 1.22. The van der Waals surface area contributed by atoms with Gasteiger partial charge >= 0.3 is 0 Å². The van der Waals surface area contributed by atoms with E-state index in [0.717, 1.165) is 43.4 Å². The maximum Gasteiger partial charge on any atom is 0.241 e. The molecule has 0 bridgehead atoms. The SMILES string of the molecule is O=C(NCCCc1ccc(F)cc1)C1CCCN(Cc2nc(-c3ccccc3)no2)C1. The van der Waals surface area contributed by atoms with Crippen LogP contribution in [-0.4, -0.2) is 40.6 Å². The van der Waals surface area contributed by atoms with Gasteiger partial charge in [0.1, 0.15) is 5.82 Å². The molecular weight excluding hydrogens is 395 g/mol. The molecule has 2 aromatic carbocycles. The zero-order valence-corrected chi connectivity index (χ0v) is 17.5. The molecule has 7 heteroatoms. The first-order valence-corrected chi connectivity index (χ1v) is 10.8. The second-order valence-corrected chi connectivity index (χ2v) is 7.97. The van der Waals surface area contributed by atoms with E-state index >= 15 is 0 Å². The van der Waals surface area contributed by atoms with Crippen molar-refractivity contribution in [2.75, 3.05) is 19.6 Å². The molecule has 4 rings (SSSR count). The predicted molar refractivity (Wildman–Crippen MR) is 115 cm³/mol. The second kappa shape index (κ2) is 10.3. The summed E-state index contributed by atoms with van der Waals surface area (Å²) in [5, 5.41) is 7.13. The Hall–Kier alpha value is -3.06. The van der Waals surface area contributed by atoms with E-state index in [9.17, 15) is 9.18 Å². The van der Waals surface area contributed by atoms with Crippen molar-refractivity contribution in [2.24, 2.45) is 5.92 Å². The van der Waals surface area contributed by atoms with Crippen LogP contribution in [0.3, 0.4) is 0 Å². The number of rotatable bonds is 8. The van der Waals surface area contributed by atoms with Crippen molar-refractivity contribution in [3.05, 3.63) is 71.9 Å². The number of nitrogens with one attached hydrogen (secondary N) is 1. The average molecular weight is 423 g/mol. The van der Waals surface area contributed by atoms with Crippen LogP contribution in [0.5, 0.6) is 0 Å². The number of amides is 1. The normalized spacial score (nSPS) is 16.9. The molecule has 0 radical (unpaired) electrons. The first kappa shape index (κ1) is 21.2. The van der Waals surface area contributed by atoms with Gasteiger partial charge in [-0.25, -0.2) is 4.39 Å². The third-order valence-corrected chi connectivity index (χ3v) is 5.59. The van der Waals surface area contributed by atoms with Gasteiger partial charge in [-0.05, 0) is 49.9 Å². The molecule has 0 spiro atoms. The van der Waals surface area contributed by atoms with Crippen molar-refractivity contribution < 1.29 is 13.7 Å². The Morgan fingerprint density at radius 2 is 1.97 bits per heavy atom. The van der Waals surface area contributed by atoms with Gasteiger partial charge in [0.15, 0.2) is 0 Å². The molecule has 1 aliphatic heterocycles. The molecule has 0 saturated carbocycles. The number of nitrogens with zero attached hydrogens (tertiary/aromatic N) is 3. The lowest BCUT2D eigenvalue weighted by atomic mass is 9.97. The Morgan fingerprint density at radius 3 is 2.77 bits per heavy atom. The molecule has 0 aliphatic carbocycles. The number of carbonyl (C=O) groups is 1. The Bertz CT molecular complexity index is 975. The highest BCUT2D eigenvalue weighted by molar-refractivity contribution is 5.78. The number of hydrogen-bond donors (Lipinski definition) is 1. The van der Waals surface area contributed by atoms with Gasteiger partial charge in [0, 0.05) is 18.7 Å². The summed E-state index contributed by atoms with van der Waals surface area (Å²) < 4.78 is 18.4. The van der Waals surface area contributed by atoms with Gasteiger partial charge in [-0.2, -0.15) is 4.98 Å². The quantitative estimate of drug-likeness (QED) is 0.559. The Kier molecular flexibility index (Phi) is 7.04. The van der Waals surface area contributed by atoms with Gasteiger partial charge in [-0.3, -0.25) is 9.69 Å². The molecule has 1 amide bonds. The first-order valence-electron chi connectivity index (χ1n) is 10.8. The predicted octanol–water partition coefficient (Wildman–Crippen LogP) is 3.84. The van der Waals surface area contributed by atoms with E-state index in [2.05, 4.69) is 20.4 Å². The molecule has 1 fully saturated rings. The standard InChI is InChI=1S/C24H27FN4O2/c25-21-12-10-18(11-13-21)6-4-14-26-24(30)20-9-5-15-29(16-20)17-22-27-23(28-31-22)19-7-2-1-3-8-19/h1-3,7-8,10-13,20H,4-6,9,14-17H2,(H,26,30). The number of aromatic nitrogens is 2. The minimum atomic E-state index is -0.226. The number of hydrogen-bond acceptors (Lipinski definition) is 5. The highest BCUT2D eigenvalue weighted by Crippen LogP contribution is 2.20. The summed E-state index contributed by atoms with van der Waals surface area (Å²) in [6.45, 7) is 2.77. The fraction of sp³-hybridized carbons (Fsp3) is 0.375. The molecule has 1 aliphatic rings. The topological polar surface area (TPSA) is 71.3 Å². The minimum Gasteiger partial charge on any atom is -0.356 e. The van der Waals surface area contributed by atoms with Gasteiger partial charge < -0.3 is 9.84 Å². The van der Waals surface area contributed by atoms with E-state index < -0.39 is 0 Å². The van der Waals surface area contributed by atoms with E-state index in [1.54, 1.807) is 12.1 Å². The van der Waals surface area contributed by atoms with Crippen LogP contribution < -0.4 is 5.32 Å². The molecule has 162 valence electrons. The maximum absolute atomic E-state index is 13.0. The van der Waals surface area contributed by atoms with Crippen LogP contribution in [-0.2, 0) is 17.8 Å². The monoisotopic (exact) mass is 422 g/mol. The Labute approximate surface area is 181 Å². The smallest absolute Gasteiger partial charge is 0.241 e. The molecule has 1 aromatic heterocycles.